The number of anilines is 1. The van der Waals surface area contributed by atoms with Gasteiger partial charge in [-0.3, -0.25) is 14.4 Å². The van der Waals surface area contributed by atoms with E-state index in [1.807, 2.05) is 12.1 Å². The second kappa shape index (κ2) is 7.74. The molecule has 1 N–H and O–H groups in total. The smallest absolute Gasteiger partial charge is 0.326 e. The Kier molecular flexibility index (Phi) is 5.70. The zero-order valence-corrected chi connectivity index (χ0v) is 13.6. The highest BCUT2D eigenvalue weighted by Crippen LogP contribution is 2.10. The normalized spacial score (nSPS) is 10.0. The highest BCUT2D eigenvalue weighted by Gasteiger charge is 2.09. The Morgan fingerprint density at radius 3 is 2.55 bits per heavy atom. The Balaban J connectivity index is 1.81. The highest BCUT2D eigenvalue weighted by molar-refractivity contribution is 14.1. The maximum atomic E-state index is 11.7. The maximum Gasteiger partial charge on any atom is 0.326 e. The minimum Gasteiger partial charge on any atom is -0.454 e. The molecule has 0 aliphatic carbocycles. The minimum atomic E-state index is -0.647. The van der Waals surface area contributed by atoms with Crippen LogP contribution in [0.15, 0.2) is 53.5 Å². The first kappa shape index (κ1) is 16.2. The van der Waals surface area contributed by atoms with E-state index in [1.54, 1.807) is 24.3 Å². The number of aromatic nitrogens is 1. The van der Waals surface area contributed by atoms with Gasteiger partial charge in [0.1, 0.15) is 6.54 Å². The summed E-state index contributed by atoms with van der Waals surface area (Å²) in [5.74, 6) is -1.08. The Hall–Kier alpha value is -2.16. The van der Waals surface area contributed by atoms with Gasteiger partial charge in [-0.15, -0.1) is 0 Å². The molecular weight excluding hydrogens is 399 g/mol. The molecule has 0 aliphatic heterocycles. The van der Waals surface area contributed by atoms with Gasteiger partial charge in [0.2, 0.25) is 0 Å². The summed E-state index contributed by atoms with van der Waals surface area (Å²) in [5.41, 5.74) is 0.323. The summed E-state index contributed by atoms with van der Waals surface area (Å²) in [6, 6.07) is 11.8. The summed E-state index contributed by atoms with van der Waals surface area (Å²) in [6.45, 7) is -0.622. The number of amides is 1. The maximum absolute atomic E-state index is 11.7. The average molecular weight is 412 g/mol. The van der Waals surface area contributed by atoms with Crippen molar-refractivity contribution in [3.63, 3.8) is 0 Å². The lowest BCUT2D eigenvalue weighted by Crippen LogP contribution is -2.26. The zero-order valence-electron chi connectivity index (χ0n) is 11.5. The van der Waals surface area contributed by atoms with Crippen molar-refractivity contribution in [2.45, 2.75) is 6.54 Å². The van der Waals surface area contributed by atoms with E-state index in [2.05, 4.69) is 27.9 Å². The van der Waals surface area contributed by atoms with Crippen molar-refractivity contribution >= 4 is 40.2 Å². The van der Waals surface area contributed by atoms with E-state index in [9.17, 15) is 14.4 Å². The van der Waals surface area contributed by atoms with Gasteiger partial charge in [0.05, 0.1) is 0 Å². The summed E-state index contributed by atoms with van der Waals surface area (Å²) >= 11 is 2.16. The van der Waals surface area contributed by atoms with Gasteiger partial charge >= 0.3 is 5.97 Å². The molecule has 0 unspecified atom stereocenters. The Bertz CT molecular complexity index is 725. The van der Waals surface area contributed by atoms with Crippen molar-refractivity contribution in [1.29, 1.82) is 0 Å². The van der Waals surface area contributed by atoms with Crippen molar-refractivity contribution in [3.05, 3.63) is 62.6 Å². The third kappa shape index (κ3) is 4.99. The first-order valence-corrected chi connectivity index (χ1v) is 7.49. The molecule has 0 bridgehead atoms. The van der Waals surface area contributed by atoms with Crippen LogP contribution < -0.4 is 10.9 Å². The number of carbonyl (C=O) groups excluding carboxylic acids is 2. The molecule has 6 nitrogen and oxygen atoms in total. The van der Waals surface area contributed by atoms with E-state index in [0.29, 0.717) is 5.69 Å². The van der Waals surface area contributed by atoms with Gasteiger partial charge in [-0.25, -0.2) is 0 Å². The number of pyridine rings is 1. The largest absolute Gasteiger partial charge is 0.454 e. The molecule has 0 saturated heterocycles. The minimum absolute atomic E-state index is 0.226. The molecule has 2 rings (SSSR count). The summed E-state index contributed by atoms with van der Waals surface area (Å²) in [7, 11) is 0. The fraction of sp³-hybridized carbons (Fsp3) is 0.133. The molecule has 1 aromatic heterocycles. The average Bonchev–Trinajstić information content (AvgIpc) is 2.50. The van der Waals surface area contributed by atoms with E-state index < -0.39 is 18.5 Å². The van der Waals surface area contributed by atoms with Gasteiger partial charge in [0, 0.05) is 21.5 Å². The lowest BCUT2D eigenvalue weighted by Gasteiger charge is -2.07. The van der Waals surface area contributed by atoms with Crippen molar-refractivity contribution in [2.24, 2.45) is 0 Å². The van der Waals surface area contributed by atoms with E-state index in [0.717, 1.165) is 3.57 Å². The molecular formula is C15H13IN2O4. The topological polar surface area (TPSA) is 77.4 Å². The van der Waals surface area contributed by atoms with E-state index in [4.69, 9.17) is 4.74 Å². The lowest BCUT2D eigenvalue weighted by molar-refractivity contribution is -0.147. The lowest BCUT2D eigenvalue weighted by atomic mass is 10.3. The molecule has 0 saturated carbocycles. The Morgan fingerprint density at radius 2 is 1.86 bits per heavy atom. The highest BCUT2D eigenvalue weighted by atomic mass is 127. The van der Waals surface area contributed by atoms with E-state index in [1.165, 1.54) is 16.8 Å². The number of halogens is 1. The second-order valence-corrected chi connectivity index (χ2v) is 5.63. The molecule has 1 heterocycles. The summed E-state index contributed by atoms with van der Waals surface area (Å²) in [4.78, 5) is 34.7. The molecule has 1 aromatic carbocycles. The van der Waals surface area contributed by atoms with Crippen LogP contribution in [0, 0.1) is 3.57 Å². The molecule has 0 atom stereocenters. The van der Waals surface area contributed by atoms with Crippen molar-refractivity contribution < 1.29 is 14.3 Å². The Morgan fingerprint density at radius 1 is 1.14 bits per heavy atom. The number of nitrogens with zero attached hydrogens (tertiary/aromatic N) is 1. The standard InChI is InChI=1S/C15H13IN2O4/c16-11-4-6-12(7-5-11)17-13(19)10-22-15(21)9-18-8-2-1-3-14(18)20/h1-8H,9-10H2,(H,17,19). The predicted molar refractivity (Wildman–Crippen MR) is 89.4 cm³/mol. The van der Waals surface area contributed by atoms with E-state index in [-0.39, 0.29) is 12.1 Å². The number of hydrogen-bond acceptors (Lipinski definition) is 4. The molecule has 7 heteroatoms. The van der Waals surface area contributed by atoms with Crippen molar-refractivity contribution in [1.82, 2.24) is 4.57 Å². The molecule has 22 heavy (non-hydrogen) atoms. The number of rotatable bonds is 5. The van der Waals surface area contributed by atoms with Crippen molar-refractivity contribution in [2.75, 3.05) is 11.9 Å². The molecule has 0 radical (unpaired) electrons. The molecule has 114 valence electrons. The summed E-state index contributed by atoms with van der Waals surface area (Å²) < 4.78 is 7.11. The molecule has 2 aromatic rings. The zero-order chi connectivity index (χ0) is 15.9. The number of benzene rings is 1. The third-order valence-corrected chi connectivity index (χ3v) is 3.41. The third-order valence-electron chi connectivity index (χ3n) is 2.69. The number of esters is 1. The van der Waals surface area contributed by atoms with E-state index >= 15 is 0 Å². The fourth-order valence-electron chi connectivity index (χ4n) is 1.65. The number of carbonyl (C=O) groups is 2. The second-order valence-electron chi connectivity index (χ2n) is 4.38. The molecule has 0 aliphatic rings. The van der Waals surface area contributed by atoms with Crippen LogP contribution in [-0.2, 0) is 20.9 Å². The molecule has 0 fully saturated rings. The SMILES string of the molecule is O=C(COC(=O)Cn1ccccc1=O)Nc1ccc(I)cc1. The predicted octanol–water partition coefficient (Wildman–Crippen LogP) is 1.63. The van der Waals surface area contributed by atoms with Crippen LogP contribution >= 0.6 is 22.6 Å². The van der Waals surface area contributed by atoms with Crippen molar-refractivity contribution in [3.8, 4) is 0 Å². The first-order chi connectivity index (χ1) is 10.5. The van der Waals surface area contributed by atoms with Gasteiger partial charge in [0.25, 0.3) is 11.5 Å². The first-order valence-electron chi connectivity index (χ1n) is 6.41. The van der Waals surface area contributed by atoms with Gasteiger partial charge < -0.3 is 14.6 Å². The van der Waals surface area contributed by atoms with Crippen LogP contribution in [0.1, 0.15) is 0 Å². The quantitative estimate of drug-likeness (QED) is 0.599. The number of hydrogen-bond donors (Lipinski definition) is 1. The molecule has 1 amide bonds. The fourth-order valence-corrected chi connectivity index (χ4v) is 2.01. The van der Waals surface area contributed by atoms with Gasteiger partial charge in [-0.05, 0) is 52.9 Å². The van der Waals surface area contributed by atoms with Gasteiger partial charge in [-0.2, -0.15) is 0 Å². The molecule has 0 spiro atoms. The van der Waals surface area contributed by atoms with Gasteiger partial charge in [0.15, 0.2) is 6.61 Å². The van der Waals surface area contributed by atoms with Crippen LogP contribution in [0.25, 0.3) is 0 Å². The van der Waals surface area contributed by atoms with Gasteiger partial charge in [-0.1, -0.05) is 6.07 Å². The summed E-state index contributed by atoms with van der Waals surface area (Å²) in [6.07, 6.45) is 1.48. The monoisotopic (exact) mass is 412 g/mol. The number of ether oxygens (including phenoxy) is 1. The van der Waals surface area contributed by atoms with Crippen LogP contribution in [-0.4, -0.2) is 23.1 Å². The van der Waals surface area contributed by atoms with Crippen LogP contribution in [0.5, 0.6) is 0 Å². The number of nitrogens with one attached hydrogen (secondary N) is 1. The van der Waals surface area contributed by atoms with Crippen LogP contribution in [0.3, 0.4) is 0 Å². The van der Waals surface area contributed by atoms with Crippen LogP contribution in [0.2, 0.25) is 0 Å². The summed E-state index contributed by atoms with van der Waals surface area (Å²) in [5, 5.41) is 2.61. The van der Waals surface area contributed by atoms with Crippen LogP contribution in [0.4, 0.5) is 5.69 Å². The Labute approximate surface area is 140 Å².